The Bertz CT molecular complexity index is 904. The number of nitrogens with zero attached hydrogens (tertiary/aromatic N) is 1. The Labute approximate surface area is 159 Å². The lowest BCUT2D eigenvalue weighted by atomic mass is 10.2. The van der Waals surface area contributed by atoms with Crippen molar-refractivity contribution in [3.05, 3.63) is 54.1 Å². The lowest BCUT2D eigenvalue weighted by molar-refractivity contribution is 0.0608. The number of aromatic hydroxyl groups is 1. The second-order valence-corrected chi connectivity index (χ2v) is 8.77. The number of ether oxygens (including phenoxy) is 2. The Morgan fingerprint density at radius 1 is 1.11 bits per heavy atom. The highest BCUT2D eigenvalue weighted by Gasteiger charge is 2.33. The van der Waals surface area contributed by atoms with E-state index in [2.05, 4.69) is 0 Å². The molecule has 0 radical (unpaired) electrons. The summed E-state index contributed by atoms with van der Waals surface area (Å²) >= 11 is 0. The van der Waals surface area contributed by atoms with Gasteiger partial charge in [-0.3, -0.25) is 0 Å². The molecule has 1 amide bonds. The summed E-state index contributed by atoms with van der Waals surface area (Å²) in [6.07, 6.45) is -0.206. The van der Waals surface area contributed by atoms with Gasteiger partial charge in [-0.05, 0) is 38.5 Å². The summed E-state index contributed by atoms with van der Waals surface area (Å²) in [6.45, 7) is 5.03. The largest absolute Gasteiger partial charge is 0.508 e. The first-order chi connectivity index (χ1) is 12.5. The fourth-order valence-corrected chi connectivity index (χ4v) is 3.05. The second kappa shape index (κ2) is 7.87. The Morgan fingerprint density at radius 3 is 2.30 bits per heavy atom. The zero-order valence-electron chi connectivity index (χ0n) is 15.7. The molecule has 0 spiro atoms. The van der Waals surface area contributed by atoms with Gasteiger partial charge in [0.1, 0.15) is 29.4 Å². The number of hydrogen-bond acceptors (Lipinski definition) is 6. The van der Waals surface area contributed by atoms with Gasteiger partial charge in [-0.1, -0.05) is 30.3 Å². The molecule has 8 heteroatoms. The zero-order valence-corrected chi connectivity index (χ0v) is 16.5. The molecule has 0 aliphatic rings. The maximum absolute atomic E-state index is 12.5. The van der Waals surface area contributed by atoms with E-state index in [4.69, 9.17) is 9.47 Å². The van der Waals surface area contributed by atoms with Gasteiger partial charge >= 0.3 is 6.09 Å². The molecule has 2 rings (SSSR count). The van der Waals surface area contributed by atoms with Gasteiger partial charge in [0.05, 0.1) is 6.26 Å². The SMILES string of the molecule is CC(C)(C)OC(=O)N(c1cc(O)ccc1OCc1ccccc1)S(C)(=O)=O. The number of hydrogen-bond donors (Lipinski definition) is 1. The van der Waals surface area contributed by atoms with Crippen molar-refractivity contribution in [2.24, 2.45) is 0 Å². The number of carbonyl (C=O) groups excluding carboxylic acids is 1. The summed E-state index contributed by atoms with van der Waals surface area (Å²) in [5.41, 5.74) is -0.163. The van der Waals surface area contributed by atoms with Crippen LogP contribution in [-0.4, -0.2) is 31.5 Å². The van der Waals surface area contributed by atoms with Crippen molar-refractivity contribution in [2.45, 2.75) is 33.0 Å². The van der Waals surface area contributed by atoms with E-state index in [0.717, 1.165) is 17.9 Å². The van der Waals surface area contributed by atoms with E-state index in [1.165, 1.54) is 12.1 Å². The first-order valence-electron chi connectivity index (χ1n) is 8.20. The van der Waals surface area contributed by atoms with E-state index in [1.54, 1.807) is 20.8 Å². The molecule has 0 aliphatic carbocycles. The van der Waals surface area contributed by atoms with Gasteiger partial charge in [-0.25, -0.2) is 13.2 Å². The predicted molar refractivity (Wildman–Crippen MR) is 102 cm³/mol. The third-order valence-corrected chi connectivity index (χ3v) is 4.30. The maximum Gasteiger partial charge on any atom is 0.429 e. The molecule has 7 nitrogen and oxygen atoms in total. The molecule has 0 bridgehead atoms. The van der Waals surface area contributed by atoms with E-state index in [-0.39, 0.29) is 23.8 Å². The van der Waals surface area contributed by atoms with Gasteiger partial charge in [0.2, 0.25) is 10.0 Å². The van der Waals surface area contributed by atoms with Gasteiger partial charge in [0.15, 0.2) is 0 Å². The first-order valence-corrected chi connectivity index (χ1v) is 10.1. The molecule has 2 aromatic carbocycles. The van der Waals surface area contributed by atoms with Crippen molar-refractivity contribution >= 4 is 21.8 Å². The van der Waals surface area contributed by atoms with Crippen LogP contribution in [-0.2, 0) is 21.4 Å². The minimum atomic E-state index is -4.04. The number of phenols is 1. The molecule has 2 aromatic rings. The quantitative estimate of drug-likeness (QED) is 0.833. The average molecular weight is 393 g/mol. The minimum Gasteiger partial charge on any atom is -0.508 e. The Hall–Kier alpha value is -2.74. The predicted octanol–water partition coefficient (Wildman–Crippen LogP) is 3.67. The molecular formula is C19H23NO6S. The molecule has 0 atom stereocenters. The average Bonchev–Trinajstić information content (AvgIpc) is 2.52. The van der Waals surface area contributed by atoms with Crippen LogP contribution in [0.2, 0.25) is 0 Å². The molecule has 0 fully saturated rings. The van der Waals surface area contributed by atoms with Crippen LogP contribution in [0.4, 0.5) is 10.5 Å². The molecule has 1 N–H and O–H groups in total. The topological polar surface area (TPSA) is 93.1 Å². The van der Waals surface area contributed by atoms with Crippen molar-refractivity contribution in [3.63, 3.8) is 0 Å². The van der Waals surface area contributed by atoms with Crippen LogP contribution in [0.25, 0.3) is 0 Å². The molecule has 0 aliphatic heterocycles. The normalized spacial score (nSPS) is 11.7. The minimum absolute atomic E-state index is 0.118. The summed E-state index contributed by atoms with van der Waals surface area (Å²) in [5, 5.41) is 9.82. The number of amides is 1. The molecule has 0 unspecified atom stereocenters. The number of sulfonamides is 1. The summed E-state index contributed by atoms with van der Waals surface area (Å²) in [5.74, 6) is -0.0952. The molecule has 0 heterocycles. The summed E-state index contributed by atoms with van der Waals surface area (Å²) in [4.78, 5) is 12.5. The van der Waals surface area contributed by atoms with Crippen LogP contribution in [0.15, 0.2) is 48.5 Å². The number of anilines is 1. The monoisotopic (exact) mass is 393 g/mol. The summed E-state index contributed by atoms with van der Waals surface area (Å²) < 4.78 is 36.0. The van der Waals surface area contributed by atoms with E-state index in [1.807, 2.05) is 30.3 Å². The van der Waals surface area contributed by atoms with Gasteiger partial charge < -0.3 is 14.6 Å². The number of carbonyl (C=O) groups is 1. The van der Waals surface area contributed by atoms with Gasteiger partial charge in [0, 0.05) is 6.07 Å². The van der Waals surface area contributed by atoms with Crippen LogP contribution in [0.1, 0.15) is 26.3 Å². The Kier molecular flexibility index (Phi) is 6.00. The number of phenolic OH excluding ortho intramolecular Hbond substituents is 1. The van der Waals surface area contributed by atoms with Crippen LogP contribution >= 0.6 is 0 Å². The second-order valence-electron chi connectivity index (χ2n) is 6.93. The van der Waals surface area contributed by atoms with Crippen molar-refractivity contribution < 1.29 is 27.8 Å². The number of rotatable bonds is 5. The van der Waals surface area contributed by atoms with Crippen molar-refractivity contribution in [2.75, 3.05) is 10.6 Å². The first kappa shape index (κ1) is 20.6. The fourth-order valence-electron chi connectivity index (χ4n) is 2.24. The van der Waals surface area contributed by atoms with Crippen LogP contribution in [0, 0.1) is 0 Å². The van der Waals surface area contributed by atoms with E-state index < -0.39 is 21.7 Å². The molecule has 146 valence electrons. The van der Waals surface area contributed by atoms with Crippen LogP contribution in [0.3, 0.4) is 0 Å². The standard InChI is InChI=1S/C19H23NO6S/c1-19(2,3)26-18(22)20(27(4,23)24)16-12-15(21)10-11-17(16)25-13-14-8-6-5-7-9-14/h5-12,21H,13H2,1-4H3. The zero-order chi connectivity index (χ0) is 20.2. The Balaban J connectivity index is 2.42. The maximum atomic E-state index is 12.5. The molecular weight excluding hydrogens is 370 g/mol. The van der Waals surface area contributed by atoms with Gasteiger partial charge in [-0.2, -0.15) is 4.31 Å². The molecule has 27 heavy (non-hydrogen) atoms. The van der Waals surface area contributed by atoms with E-state index in [0.29, 0.717) is 4.31 Å². The summed E-state index contributed by atoms with van der Waals surface area (Å²) in [7, 11) is -4.04. The molecule has 0 saturated carbocycles. The van der Waals surface area contributed by atoms with Crippen LogP contribution < -0.4 is 9.04 Å². The molecule has 0 aromatic heterocycles. The highest BCUT2D eigenvalue weighted by molar-refractivity contribution is 7.92. The molecule has 0 saturated heterocycles. The third kappa shape index (κ3) is 5.89. The van der Waals surface area contributed by atoms with E-state index >= 15 is 0 Å². The van der Waals surface area contributed by atoms with Crippen LogP contribution in [0.5, 0.6) is 11.5 Å². The fraction of sp³-hybridized carbons (Fsp3) is 0.316. The van der Waals surface area contributed by atoms with Crippen molar-refractivity contribution in [1.29, 1.82) is 0 Å². The third-order valence-electron chi connectivity index (χ3n) is 3.29. The lowest BCUT2D eigenvalue weighted by Gasteiger charge is -2.27. The smallest absolute Gasteiger partial charge is 0.429 e. The van der Waals surface area contributed by atoms with Gasteiger partial charge in [-0.15, -0.1) is 0 Å². The van der Waals surface area contributed by atoms with Crippen molar-refractivity contribution in [1.82, 2.24) is 0 Å². The summed E-state index contributed by atoms with van der Waals surface area (Å²) in [6, 6.07) is 13.1. The van der Waals surface area contributed by atoms with E-state index in [9.17, 15) is 18.3 Å². The highest BCUT2D eigenvalue weighted by Crippen LogP contribution is 2.35. The van der Waals surface area contributed by atoms with Gasteiger partial charge in [0.25, 0.3) is 0 Å². The lowest BCUT2D eigenvalue weighted by Crippen LogP contribution is -2.40. The Morgan fingerprint density at radius 2 is 1.74 bits per heavy atom. The number of benzene rings is 2. The highest BCUT2D eigenvalue weighted by atomic mass is 32.2. The van der Waals surface area contributed by atoms with Crippen molar-refractivity contribution in [3.8, 4) is 11.5 Å².